The first-order valence-electron chi connectivity index (χ1n) is 8.61. The van der Waals surface area contributed by atoms with Crippen molar-refractivity contribution in [3.05, 3.63) is 53.3 Å². The molecule has 1 aliphatic rings. The fourth-order valence-corrected chi connectivity index (χ4v) is 3.46. The molecule has 0 aliphatic carbocycles. The zero-order valence-electron chi connectivity index (χ0n) is 16.0. The normalized spacial score (nSPS) is 15.3. The smallest absolute Gasteiger partial charge is 0.244 e. The summed E-state index contributed by atoms with van der Waals surface area (Å²) in [5, 5.41) is 16.9. The van der Waals surface area contributed by atoms with Crippen molar-refractivity contribution in [2.75, 3.05) is 21.3 Å². The summed E-state index contributed by atoms with van der Waals surface area (Å²) in [6, 6.07) is 7.49. The van der Waals surface area contributed by atoms with Gasteiger partial charge in [0.15, 0.2) is 11.5 Å². The molecule has 1 atom stereocenters. The minimum Gasteiger partial charge on any atom is -0.493 e. The Labute approximate surface area is 166 Å². The van der Waals surface area contributed by atoms with Crippen molar-refractivity contribution in [2.45, 2.75) is 5.92 Å². The Hall–Kier alpha value is -4.06. The van der Waals surface area contributed by atoms with E-state index in [1.54, 1.807) is 24.5 Å². The number of allylic oxidation sites excluding steroid dienone is 1. The fraction of sp³-hybridized carbons (Fsp3) is 0.200. The lowest BCUT2D eigenvalue weighted by molar-refractivity contribution is 0.324. The summed E-state index contributed by atoms with van der Waals surface area (Å²) in [5.41, 5.74) is 9.00. The highest BCUT2D eigenvalue weighted by Gasteiger charge is 2.36. The van der Waals surface area contributed by atoms with Crippen molar-refractivity contribution < 1.29 is 23.4 Å². The van der Waals surface area contributed by atoms with Gasteiger partial charge in [0, 0.05) is 11.1 Å². The molecule has 0 saturated carbocycles. The number of furan rings is 1. The Balaban J connectivity index is 1.95. The van der Waals surface area contributed by atoms with E-state index in [1.165, 1.54) is 27.6 Å². The second-order valence-corrected chi connectivity index (χ2v) is 6.21. The molecule has 3 aromatic rings. The number of nitrogens with zero attached hydrogens (tertiary/aromatic N) is 2. The average Bonchev–Trinajstić information content (AvgIpc) is 3.41. The van der Waals surface area contributed by atoms with Gasteiger partial charge in [0.2, 0.25) is 17.5 Å². The van der Waals surface area contributed by atoms with Gasteiger partial charge in [0.05, 0.1) is 51.0 Å². The van der Waals surface area contributed by atoms with Crippen LogP contribution in [-0.4, -0.2) is 31.5 Å². The van der Waals surface area contributed by atoms with Crippen molar-refractivity contribution in [3.63, 3.8) is 0 Å². The molecule has 1 aromatic carbocycles. The molecule has 3 heterocycles. The van der Waals surface area contributed by atoms with Crippen molar-refractivity contribution >= 4 is 0 Å². The van der Waals surface area contributed by atoms with E-state index in [0.29, 0.717) is 34.1 Å². The molecule has 0 radical (unpaired) electrons. The number of hydrogen-bond acceptors (Lipinski definition) is 8. The Morgan fingerprint density at radius 2 is 1.90 bits per heavy atom. The SMILES string of the molecule is COc1cc(-c2[nH]nc3c2[C@H](c2ccoc2)C(C#N)=C(N)O3)cc(OC)c1OC. The van der Waals surface area contributed by atoms with Gasteiger partial charge in [-0.1, -0.05) is 0 Å². The van der Waals surface area contributed by atoms with Crippen LogP contribution in [0.1, 0.15) is 17.0 Å². The van der Waals surface area contributed by atoms with Crippen LogP contribution in [0.4, 0.5) is 0 Å². The van der Waals surface area contributed by atoms with Crippen LogP contribution in [0.15, 0.2) is 46.6 Å². The number of hydrogen-bond donors (Lipinski definition) is 2. The second kappa shape index (κ2) is 7.16. The minimum atomic E-state index is -0.504. The first kappa shape index (κ1) is 18.3. The topological polar surface area (TPSA) is 129 Å². The highest BCUT2D eigenvalue weighted by atomic mass is 16.5. The number of methoxy groups -OCH3 is 3. The van der Waals surface area contributed by atoms with Gasteiger partial charge in [-0.3, -0.25) is 5.10 Å². The molecular weight excluding hydrogens is 376 g/mol. The molecular formula is C20H18N4O5. The van der Waals surface area contributed by atoms with Crippen LogP contribution in [0.2, 0.25) is 0 Å². The Morgan fingerprint density at radius 1 is 1.17 bits per heavy atom. The van der Waals surface area contributed by atoms with Crippen LogP contribution in [0.25, 0.3) is 11.3 Å². The number of fused-ring (bicyclic) bond motifs is 1. The van der Waals surface area contributed by atoms with E-state index in [2.05, 4.69) is 16.3 Å². The van der Waals surface area contributed by atoms with E-state index in [9.17, 15) is 5.26 Å². The van der Waals surface area contributed by atoms with Crippen LogP contribution >= 0.6 is 0 Å². The lowest BCUT2D eigenvalue weighted by Crippen LogP contribution is -2.20. The van der Waals surface area contributed by atoms with Gasteiger partial charge in [-0.25, -0.2) is 0 Å². The molecule has 3 N–H and O–H groups in total. The van der Waals surface area contributed by atoms with Gasteiger partial charge >= 0.3 is 0 Å². The summed E-state index contributed by atoms with van der Waals surface area (Å²) in [5.74, 6) is 1.23. The molecule has 0 amide bonds. The maximum atomic E-state index is 9.70. The standard InChI is InChI=1S/C20H18N4O5/c1-25-13-6-11(7-14(26-2)18(13)27-3)17-16-15(10-4-5-28-9-10)12(8-21)19(22)29-20(16)24-23-17/h4-7,9,15H,22H2,1-3H3,(H,23,24)/t15-/m1/s1. The molecule has 0 saturated heterocycles. The molecule has 0 bridgehead atoms. The van der Waals surface area contributed by atoms with Crippen LogP contribution < -0.4 is 24.7 Å². The third-order valence-electron chi connectivity index (χ3n) is 4.77. The molecule has 0 spiro atoms. The molecule has 0 unspecified atom stereocenters. The second-order valence-electron chi connectivity index (χ2n) is 6.21. The fourth-order valence-electron chi connectivity index (χ4n) is 3.46. The Bertz CT molecular complexity index is 1100. The molecule has 0 fully saturated rings. The average molecular weight is 394 g/mol. The molecule has 4 rings (SSSR count). The first-order valence-corrected chi connectivity index (χ1v) is 8.61. The maximum absolute atomic E-state index is 9.70. The molecule has 148 valence electrons. The van der Waals surface area contributed by atoms with Gasteiger partial charge in [-0.2, -0.15) is 5.26 Å². The number of rotatable bonds is 5. The number of nitriles is 1. The lowest BCUT2D eigenvalue weighted by atomic mass is 9.84. The molecule has 29 heavy (non-hydrogen) atoms. The van der Waals surface area contributed by atoms with Gasteiger partial charge < -0.3 is 29.1 Å². The van der Waals surface area contributed by atoms with E-state index in [1.807, 2.05) is 0 Å². The number of ether oxygens (including phenoxy) is 4. The van der Waals surface area contributed by atoms with Gasteiger partial charge in [-0.15, -0.1) is 5.10 Å². The zero-order chi connectivity index (χ0) is 20.5. The quantitative estimate of drug-likeness (QED) is 0.676. The Kier molecular flexibility index (Phi) is 4.52. The summed E-state index contributed by atoms with van der Waals surface area (Å²) >= 11 is 0. The number of benzene rings is 1. The number of nitrogens with two attached hydrogens (primary N) is 1. The van der Waals surface area contributed by atoms with Crippen LogP contribution in [-0.2, 0) is 0 Å². The summed E-state index contributed by atoms with van der Waals surface area (Å²) in [6.45, 7) is 0. The Morgan fingerprint density at radius 3 is 2.45 bits per heavy atom. The van der Waals surface area contributed by atoms with Gasteiger partial charge in [0.25, 0.3) is 0 Å². The summed E-state index contributed by atoms with van der Waals surface area (Å²) in [7, 11) is 4.61. The van der Waals surface area contributed by atoms with E-state index in [-0.39, 0.29) is 17.3 Å². The summed E-state index contributed by atoms with van der Waals surface area (Å²) < 4.78 is 27.1. The first-order chi connectivity index (χ1) is 14.1. The third-order valence-corrected chi connectivity index (χ3v) is 4.77. The van der Waals surface area contributed by atoms with Crippen molar-refractivity contribution in [1.82, 2.24) is 10.2 Å². The monoisotopic (exact) mass is 394 g/mol. The zero-order valence-corrected chi connectivity index (χ0v) is 16.0. The van der Waals surface area contributed by atoms with Crippen molar-refractivity contribution in [3.8, 4) is 40.5 Å². The van der Waals surface area contributed by atoms with E-state index in [0.717, 1.165) is 5.56 Å². The van der Waals surface area contributed by atoms with Crippen molar-refractivity contribution in [1.29, 1.82) is 5.26 Å². The third kappa shape index (κ3) is 2.82. The van der Waals surface area contributed by atoms with Crippen molar-refractivity contribution in [2.24, 2.45) is 5.73 Å². The van der Waals surface area contributed by atoms with Crippen LogP contribution in [0.5, 0.6) is 23.1 Å². The summed E-state index contributed by atoms with van der Waals surface area (Å²) in [6.07, 6.45) is 3.10. The largest absolute Gasteiger partial charge is 0.493 e. The molecule has 2 aromatic heterocycles. The summed E-state index contributed by atoms with van der Waals surface area (Å²) in [4.78, 5) is 0. The molecule has 9 nitrogen and oxygen atoms in total. The molecule has 9 heteroatoms. The maximum Gasteiger partial charge on any atom is 0.244 e. The number of H-pyrrole nitrogens is 1. The predicted octanol–water partition coefficient (Wildman–Crippen LogP) is 2.91. The van der Waals surface area contributed by atoms with Crippen LogP contribution in [0.3, 0.4) is 0 Å². The highest BCUT2D eigenvalue weighted by molar-refractivity contribution is 5.75. The van der Waals surface area contributed by atoms with E-state index < -0.39 is 5.92 Å². The highest BCUT2D eigenvalue weighted by Crippen LogP contribution is 2.48. The van der Waals surface area contributed by atoms with Gasteiger partial charge in [-0.05, 0) is 18.2 Å². The number of nitrogens with one attached hydrogen (secondary N) is 1. The van der Waals surface area contributed by atoms with Crippen LogP contribution in [0, 0.1) is 11.3 Å². The lowest BCUT2D eigenvalue weighted by Gasteiger charge is -2.23. The number of aromatic amines is 1. The minimum absolute atomic E-state index is 0.00846. The number of aromatic nitrogens is 2. The predicted molar refractivity (Wildman–Crippen MR) is 102 cm³/mol. The van der Waals surface area contributed by atoms with E-state index in [4.69, 9.17) is 29.1 Å². The van der Waals surface area contributed by atoms with E-state index >= 15 is 0 Å². The molecule has 1 aliphatic heterocycles. The van der Waals surface area contributed by atoms with Gasteiger partial charge in [0.1, 0.15) is 11.6 Å².